The average Bonchev–Trinajstić information content (AvgIpc) is 2.91. The highest BCUT2D eigenvalue weighted by Gasteiger charge is 2.37. The van der Waals surface area contributed by atoms with Crippen LogP contribution in [0.25, 0.3) is 0 Å². The number of sulfonamides is 1. The van der Waals surface area contributed by atoms with E-state index in [1.165, 1.54) is 23.5 Å². The maximum absolute atomic E-state index is 13.2. The summed E-state index contributed by atoms with van der Waals surface area (Å²) in [5.41, 5.74) is 0.420. The van der Waals surface area contributed by atoms with E-state index in [1.807, 2.05) is 0 Å². The van der Waals surface area contributed by atoms with Crippen LogP contribution in [0, 0.1) is 0 Å². The van der Waals surface area contributed by atoms with Crippen LogP contribution >= 0.6 is 0 Å². The van der Waals surface area contributed by atoms with Crippen molar-refractivity contribution in [2.75, 3.05) is 32.1 Å². The number of carbonyl (C=O) groups excluding carboxylic acids is 1. The van der Waals surface area contributed by atoms with Crippen molar-refractivity contribution in [2.45, 2.75) is 36.2 Å². The van der Waals surface area contributed by atoms with Crippen molar-refractivity contribution in [3.63, 3.8) is 0 Å². The summed E-state index contributed by atoms with van der Waals surface area (Å²) in [7, 11) is -2.31. The van der Waals surface area contributed by atoms with E-state index in [2.05, 4.69) is 10.6 Å². The Morgan fingerprint density at radius 1 is 1.24 bits per heavy atom. The van der Waals surface area contributed by atoms with Gasteiger partial charge >= 0.3 is 0 Å². The minimum absolute atomic E-state index is 0.0719. The van der Waals surface area contributed by atoms with Gasteiger partial charge in [0, 0.05) is 37.3 Å². The lowest BCUT2D eigenvalue weighted by atomic mass is 10.1. The molecule has 2 unspecified atom stereocenters. The number of anilines is 1. The highest BCUT2D eigenvalue weighted by molar-refractivity contribution is 7.89. The number of nitrogens with one attached hydrogen (secondary N) is 2. The highest BCUT2D eigenvalue weighted by atomic mass is 32.2. The monoisotopic (exact) mass is 367 g/mol. The summed E-state index contributed by atoms with van der Waals surface area (Å²) in [6, 6.07) is 3.54. The highest BCUT2D eigenvalue weighted by Crippen LogP contribution is 2.39. The molecule has 0 radical (unpaired) electrons. The first-order valence-corrected chi connectivity index (χ1v) is 9.82. The molecule has 2 atom stereocenters. The van der Waals surface area contributed by atoms with Gasteiger partial charge in [0.1, 0.15) is 16.4 Å². The standard InChI is InChI=1S/C16H21N3O5S/c1-23-14-6-12-13(24-9-16(20)18-12)7-15(14)25(21,22)19-5-4-10-2-3-11(8-19)17-10/h6-7,10-11,17H,2-5,8-9H2,1H3,(H,18,20). The van der Waals surface area contributed by atoms with Gasteiger partial charge in [0.15, 0.2) is 6.61 Å². The first kappa shape index (κ1) is 16.6. The lowest BCUT2D eigenvalue weighted by Gasteiger charge is -2.26. The van der Waals surface area contributed by atoms with Crippen LogP contribution in [0.2, 0.25) is 0 Å². The van der Waals surface area contributed by atoms with Gasteiger partial charge in [-0.15, -0.1) is 0 Å². The third-order valence-electron chi connectivity index (χ3n) is 5.00. The number of amides is 1. The third kappa shape index (κ3) is 2.96. The Hall–Kier alpha value is -1.84. The van der Waals surface area contributed by atoms with Crippen molar-refractivity contribution in [1.82, 2.24) is 9.62 Å². The molecule has 25 heavy (non-hydrogen) atoms. The normalized spacial score (nSPS) is 26.4. The van der Waals surface area contributed by atoms with Crippen molar-refractivity contribution in [2.24, 2.45) is 0 Å². The third-order valence-corrected chi connectivity index (χ3v) is 6.89. The Morgan fingerprint density at radius 3 is 2.84 bits per heavy atom. The molecule has 1 aromatic carbocycles. The molecular weight excluding hydrogens is 346 g/mol. The molecular formula is C16H21N3O5S. The molecule has 136 valence electrons. The fraction of sp³-hybridized carbons (Fsp3) is 0.562. The van der Waals surface area contributed by atoms with Gasteiger partial charge < -0.3 is 20.1 Å². The van der Waals surface area contributed by atoms with E-state index in [1.54, 1.807) is 0 Å². The topological polar surface area (TPSA) is 97.0 Å². The van der Waals surface area contributed by atoms with E-state index in [0.29, 0.717) is 30.6 Å². The maximum Gasteiger partial charge on any atom is 0.262 e. The summed E-state index contributed by atoms with van der Waals surface area (Å²) in [5.74, 6) is 0.264. The number of carbonyl (C=O) groups is 1. The van der Waals surface area contributed by atoms with E-state index >= 15 is 0 Å². The fourth-order valence-corrected chi connectivity index (χ4v) is 5.37. The molecule has 2 bridgehead atoms. The fourth-order valence-electron chi connectivity index (χ4n) is 3.72. The number of hydrogen-bond donors (Lipinski definition) is 2. The molecule has 2 N–H and O–H groups in total. The van der Waals surface area contributed by atoms with Crippen LogP contribution in [0.1, 0.15) is 19.3 Å². The van der Waals surface area contributed by atoms with Gasteiger partial charge in [-0.25, -0.2) is 8.42 Å². The first-order valence-electron chi connectivity index (χ1n) is 8.38. The number of rotatable bonds is 3. The van der Waals surface area contributed by atoms with Crippen molar-refractivity contribution in [3.05, 3.63) is 12.1 Å². The van der Waals surface area contributed by atoms with Crippen LogP contribution in [0.5, 0.6) is 11.5 Å². The van der Waals surface area contributed by atoms with Crippen molar-refractivity contribution < 1.29 is 22.7 Å². The molecule has 3 heterocycles. The number of benzene rings is 1. The van der Waals surface area contributed by atoms with Crippen LogP contribution in [-0.4, -0.2) is 57.5 Å². The Morgan fingerprint density at radius 2 is 2.04 bits per heavy atom. The van der Waals surface area contributed by atoms with Crippen molar-refractivity contribution in [1.29, 1.82) is 0 Å². The van der Waals surface area contributed by atoms with Gasteiger partial charge in [0.2, 0.25) is 10.0 Å². The average molecular weight is 367 g/mol. The molecule has 2 saturated heterocycles. The maximum atomic E-state index is 13.2. The SMILES string of the molecule is COc1cc2c(cc1S(=O)(=O)N1CCC3CCC(C1)N3)OCC(=O)N2. The Kier molecular flexibility index (Phi) is 4.09. The predicted octanol–water partition coefficient (Wildman–Crippen LogP) is 0.541. The van der Waals surface area contributed by atoms with E-state index in [4.69, 9.17) is 9.47 Å². The molecule has 0 aromatic heterocycles. The zero-order valence-corrected chi connectivity index (χ0v) is 14.8. The molecule has 2 fully saturated rings. The minimum atomic E-state index is -3.72. The van der Waals surface area contributed by atoms with E-state index in [0.717, 1.165) is 19.3 Å². The van der Waals surface area contributed by atoms with Gasteiger partial charge in [-0.1, -0.05) is 0 Å². The lowest BCUT2D eigenvalue weighted by Crippen LogP contribution is -2.39. The molecule has 0 saturated carbocycles. The quantitative estimate of drug-likeness (QED) is 0.809. The summed E-state index contributed by atoms with van der Waals surface area (Å²) in [6.45, 7) is 0.807. The van der Waals surface area contributed by atoms with Gasteiger partial charge in [0.05, 0.1) is 12.8 Å². The van der Waals surface area contributed by atoms with E-state index in [-0.39, 0.29) is 29.2 Å². The number of ether oxygens (including phenoxy) is 2. The summed E-state index contributed by atoms with van der Waals surface area (Å²) in [5, 5.41) is 6.14. The van der Waals surface area contributed by atoms with Crippen molar-refractivity contribution >= 4 is 21.6 Å². The second-order valence-electron chi connectivity index (χ2n) is 6.63. The summed E-state index contributed by atoms with van der Waals surface area (Å²) in [6.07, 6.45) is 2.90. The van der Waals surface area contributed by atoms with E-state index < -0.39 is 10.0 Å². The summed E-state index contributed by atoms with van der Waals surface area (Å²) in [4.78, 5) is 11.5. The second-order valence-corrected chi connectivity index (χ2v) is 8.53. The second kappa shape index (κ2) is 6.15. The van der Waals surface area contributed by atoms with Gasteiger partial charge in [-0.3, -0.25) is 4.79 Å². The molecule has 8 nitrogen and oxygen atoms in total. The van der Waals surface area contributed by atoms with Gasteiger partial charge in [-0.05, 0) is 19.3 Å². The molecule has 3 aliphatic rings. The number of nitrogens with zero attached hydrogens (tertiary/aromatic N) is 1. The number of fused-ring (bicyclic) bond motifs is 3. The van der Waals surface area contributed by atoms with Crippen LogP contribution < -0.4 is 20.1 Å². The molecule has 3 aliphatic heterocycles. The van der Waals surface area contributed by atoms with Crippen LogP contribution in [0.3, 0.4) is 0 Å². The largest absolute Gasteiger partial charge is 0.495 e. The van der Waals surface area contributed by atoms with Crippen LogP contribution in [0.15, 0.2) is 17.0 Å². The summed E-state index contributed by atoms with van der Waals surface area (Å²) >= 11 is 0. The predicted molar refractivity (Wildman–Crippen MR) is 90.4 cm³/mol. The molecule has 4 rings (SSSR count). The Labute approximate surface area is 146 Å². The van der Waals surface area contributed by atoms with Gasteiger partial charge in [-0.2, -0.15) is 4.31 Å². The molecule has 0 aliphatic carbocycles. The number of hydrogen-bond acceptors (Lipinski definition) is 6. The van der Waals surface area contributed by atoms with Gasteiger partial charge in [0.25, 0.3) is 5.91 Å². The van der Waals surface area contributed by atoms with Crippen molar-refractivity contribution in [3.8, 4) is 11.5 Å². The lowest BCUT2D eigenvalue weighted by molar-refractivity contribution is -0.118. The molecule has 1 amide bonds. The number of methoxy groups -OCH3 is 1. The molecule has 9 heteroatoms. The molecule has 0 spiro atoms. The van der Waals surface area contributed by atoms with Crippen LogP contribution in [-0.2, 0) is 14.8 Å². The molecule has 1 aromatic rings. The smallest absolute Gasteiger partial charge is 0.262 e. The minimum Gasteiger partial charge on any atom is -0.495 e. The Bertz CT molecular complexity index is 810. The first-order chi connectivity index (χ1) is 12.0. The zero-order chi connectivity index (χ0) is 17.6. The zero-order valence-electron chi connectivity index (χ0n) is 13.9. The van der Waals surface area contributed by atoms with E-state index in [9.17, 15) is 13.2 Å². The summed E-state index contributed by atoms with van der Waals surface area (Å²) < 4.78 is 38.6. The Balaban J connectivity index is 1.71. The van der Waals surface area contributed by atoms with Crippen LogP contribution in [0.4, 0.5) is 5.69 Å².